The van der Waals surface area contributed by atoms with Crippen LogP contribution in [0.5, 0.6) is 0 Å². The lowest BCUT2D eigenvalue weighted by atomic mass is 10.1. The van der Waals surface area contributed by atoms with Crippen molar-refractivity contribution in [1.29, 1.82) is 0 Å². The lowest BCUT2D eigenvalue weighted by Gasteiger charge is -2.24. The molecular formula is C13H17BrN2O2. The van der Waals surface area contributed by atoms with E-state index in [1.54, 1.807) is 13.1 Å². The van der Waals surface area contributed by atoms with E-state index in [1.165, 1.54) is 0 Å². The minimum absolute atomic E-state index is 0.00776. The zero-order valence-corrected chi connectivity index (χ0v) is 12.3. The molecule has 98 valence electrons. The molecule has 0 radical (unpaired) electrons. The van der Waals surface area contributed by atoms with Crippen LogP contribution in [0.3, 0.4) is 0 Å². The van der Waals surface area contributed by atoms with E-state index in [1.807, 2.05) is 31.0 Å². The van der Waals surface area contributed by atoms with Gasteiger partial charge in [0.05, 0.1) is 5.92 Å². The molecule has 0 spiro atoms. The number of benzene rings is 1. The van der Waals surface area contributed by atoms with Crippen LogP contribution in [-0.4, -0.2) is 32.8 Å². The van der Waals surface area contributed by atoms with Crippen LogP contribution in [0.15, 0.2) is 22.7 Å². The van der Waals surface area contributed by atoms with Crippen LogP contribution in [0.1, 0.15) is 17.3 Å². The molecule has 0 aliphatic heterocycles. The normalized spacial score (nSPS) is 11.8. The molecule has 0 aliphatic carbocycles. The van der Waals surface area contributed by atoms with Gasteiger partial charge in [-0.05, 0) is 18.2 Å². The summed E-state index contributed by atoms with van der Waals surface area (Å²) in [5.41, 5.74) is 1.43. The molecule has 4 nitrogen and oxygen atoms in total. The molecular weight excluding hydrogens is 296 g/mol. The number of hydrogen-bond acceptors (Lipinski definition) is 3. The fourth-order valence-corrected chi connectivity index (χ4v) is 2.18. The van der Waals surface area contributed by atoms with Gasteiger partial charge in [0.1, 0.15) is 0 Å². The van der Waals surface area contributed by atoms with Crippen molar-refractivity contribution >= 4 is 33.8 Å². The van der Waals surface area contributed by atoms with E-state index < -0.39 is 0 Å². The highest BCUT2D eigenvalue weighted by Crippen LogP contribution is 2.23. The van der Waals surface area contributed by atoms with Crippen molar-refractivity contribution in [2.75, 3.05) is 25.5 Å². The highest BCUT2D eigenvalue weighted by molar-refractivity contribution is 9.10. The first-order chi connectivity index (χ1) is 8.49. The summed E-state index contributed by atoms with van der Waals surface area (Å²) in [5.74, 6) is -0.144. The van der Waals surface area contributed by atoms with Crippen molar-refractivity contribution < 1.29 is 9.59 Å². The predicted molar refractivity (Wildman–Crippen MR) is 76.0 cm³/mol. The van der Waals surface area contributed by atoms with Crippen LogP contribution in [0.4, 0.5) is 5.69 Å². The average Bonchev–Trinajstić information content (AvgIpc) is 2.37. The molecule has 5 heteroatoms. The number of anilines is 1. The Morgan fingerprint density at radius 2 is 2.22 bits per heavy atom. The smallest absolute Gasteiger partial charge is 0.224 e. The Morgan fingerprint density at radius 1 is 1.56 bits per heavy atom. The van der Waals surface area contributed by atoms with Crippen molar-refractivity contribution in [1.82, 2.24) is 5.32 Å². The maximum Gasteiger partial charge on any atom is 0.224 e. The molecule has 0 saturated heterocycles. The number of amides is 1. The van der Waals surface area contributed by atoms with Crippen LogP contribution >= 0.6 is 15.9 Å². The second-order valence-electron chi connectivity index (χ2n) is 4.22. The third kappa shape index (κ3) is 3.57. The molecule has 0 bridgehead atoms. The van der Waals surface area contributed by atoms with Crippen LogP contribution in [0, 0.1) is 5.92 Å². The van der Waals surface area contributed by atoms with E-state index in [9.17, 15) is 9.59 Å². The Morgan fingerprint density at radius 3 is 2.78 bits per heavy atom. The van der Waals surface area contributed by atoms with Crippen LogP contribution in [0.25, 0.3) is 0 Å². The number of nitrogens with zero attached hydrogens (tertiary/aromatic N) is 1. The summed E-state index contributed by atoms with van der Waals surface area (Å²) in [7, 11) is 3.49. The first kappa shape index (κ1) is 14.7. The van der Waals surface area contributed by atoms with E-state index >= 15 is 0 Å². The van der Waals surface area contributed by atoms with Crippen molar-refractivity contribution in [3.63, 3.8) is 0 Å². The summed E-state index contributed by atoms with van der Waals surface area (Å²) in [6.45, 7) is 2.41. The van der Waals surface area contributed by atoms with Gasteiger partial charge in [0.25, 0.3) is 0 Å². The maximum atomic E-state index is 11.5. The van der Waals surface area contributed by atoms with Gasteiger partial charge in [0.2, 0.25) is 5.91 Å². The van der Waals surface area contributed by atoms with Gasteiger partial charge in [-0.2, -0.15) is 0 Å². The molecule has 1 unspecified atom stereocenters. The minimum Gasteiger partial charge on any atom is -0.373 e. The van der Waals surface area contributed by atoms with Gasteiger partial charge in [0, 0.05) is 36.4 Å². The van der Waals surface area contributed by atoms with Gasteiger partial charge < -0.3 is 10.2 Å². The van der Waals surface area contributed by atoms with Gasteiger partial charge in [-0.3, -0.25) is 9.59 Å². The fraction of sp³-hybridized carbons (Fsp3) is 0.385. The standard InChI is InChI=1S/C13H17BrN2O2/c1-9(13(18)15-2)7-16(3)12-5-4-11(14)6-10(12)8-17/h4-6,8-9H,7H2,1-3H3,(H,15,18). The van der Waals surface area contributed by atoms with Gasteiger partial charge in [-0.25, -0.2) is 0 Å². The summed E-state index contributed by atoms with van der Waals surface area (Å²) in [5, 5.41) is 2.62. The number of carbonyl (C=O) groups excluding carboxylic acids is 2. The second-order valence-corrected chi connectivity index (χ2v) is 5.13. The fourth-order valence-electron chi connectivity index (χ4n) is 1.81. The second kappa shape index (κ2) is 6.54. The van der Waals surface area contributed by atoms with Gasteiger partial charge in [-0.1, -0.05) is 22.9 Å². The number of carbonyl (C=O) groups is 2. The Labute approximate surface area is 115 Å². The van der Waals surface area contributed by atoms with Crippen molar-refractivity contribution in [2.45, 2.75) is 6.92 Å². The molecule has 1 atom stereocenters. The summed E-state index contributed by atoms with van der Waals surface area (Å²) in [6.07, 6.45) is 0.821. The molecule has 0 aromatic heterocycles. The zero-order valence-electron chi connectivity index (χ0n) is 10.7. The highest BCUT2D eigenvalue weighted by Gasteiger charge is 2.15. The molecule has 0 heterocycles. The van der Waals surface area contributed by atoms with Gasteiger partial charge in [0.15, 0.2) is 6.29 Å². The van der Waals surface area contributed by atoms with Crippen LogP contribution in [-0.2, 0) is 4.79 Å². The summed E-state index contributed by atoms with van der Waals surface area (Å²) in [6, 6.07) is 5.51. The molecule has 1 amide bonds. The molecule has 1 aromatic carbocycles. The SMILES string of the molecule is CNC(=O)C(C)CN(C)c1ccc(Br)cc1C=O. The minimum atomic E-state index is -0.136. The average molecular weight is 313 g/mol. The monoisotopic (exact) mass is 312 g/mol. The Bertz CT molecular complexity index is 449. The molecule has 1 N–H and O–H groups in total. The summed E-state index contributed by atoms with van der Waals surface area (Å²) >= 11 is 3.33. The molecule has 18 heavy (non-hydrogen) atoms. The van der Waals surface area contributed by atoms with E-state index in [4.69, 9.17) is 0 Å². The third-order valence-corrected chi connectivity index (χ3v) is 3.26. The topological polar surface area (TPSA) is 49.4 Å². The zero-order chi connectivity index (χ0) is 13.7. The first-order valence-corrected chi connectivity index (χ1v) is 6.46. The molecule has 0 fully saturated rings. The Kier molecular flexibility index (Phi) is 5.34. The Balaban J connectivity index is 2.87. The highest BCUT2D eigenvalue weighted by atomic mass is 79.9. The van der Waals surface area contributed by atoms with E-state index in [0.29, 0.717) is 12.1 Å². The van der Waals surface area contributed by atoms with E-state index in [2.05, 4.69) is 21.2 Å². The van der Waals surface area contributed by atoms with Gasteiger partial charge >= 0.3 is 0 Å². The van der Waals surface area contributed by atoms with E-state index in [-0.39, 0.29) is 11.8 Å². The van der Waals surface area contributed by atoms with Crippen molar-refractivity contribution in [2.24, 2.45) is 5.92 Å². The maximum absolute atomic E-state index is 11.5. The number of halogens is 1. The van der Waals surface area contributed by atoms with E-state index in [0.717, 1.165) is 16.4 Å². The van der Waals surface area contributed by atoms with Crippen LogP contribution < -0.4 is 10.2 Å². The lowest BCUT2D eigenvalue weighted by Crippen LogP contribution is -2.34. The number of hydrogen-bond donors (Lipinski definition) is 1. The summed E-state index contributed by atoms with van der Waals surface area (Å²) < 4.78 is 0.862. The first-order valence-electron chi connectivity index (χ1n) is 5.67. The number of nitrogens with one attached hydrogen (secondary N) is 1. The predicted octanol–water partition coefficient (Wildman–Crippen LogP) is 2.08. The van der Waals surface area contributed by atoms with Crippen molar-refractivity contribution in [3.05, 3.63) is 28.2 Å². The lowest BCUT2D eigenvalue weighted by molar-refractivity contribution is -0.123. The van der Waals surface area contributed by atoms with Gasteiger partial charge in [-0.15, -0.1) is 0 Å². The molecule has 1 rings (SSSR count). The van der Waals surface area contributed by atoms with Crippen LogP contribution in [0.2, 0.25) is 0 Å². The molecule has 1 aromatic rings. The molecule has 0 saturated carbocycles. The Hall–Kier alpha value is -1.36. The number of aldehydes is 1. The number of rotatable bonds is 5. The van der Waals surface area contributed by atoms with Crippen molar-refractivity contribution in [3.8, 4) is 0 Å². The molecule has 0 aliphatic rings. The summed E-state index contributed by atoms with van der Waals surface area (Å²) in [4.78, 5) is 24.4. The quantitative estimate of drug-likeness (QED) is 0.847. The largest absolute Gasteiger partial charge is 0.373 e. The third-order valence-electron chi connectivity index (χ3n) is 2.77.